The maximum atomic E-state index is 4.73. The van der Waals surface area contributed by atoms with Crippen LogP contribution in [-0.4, -0.2) is 33.0 Å². The van der Waals surface area contributed by atoms with E-state index in [-0.39, 0.29) is 0 Å². The summed E-state index contributed by atoms with van der Waals surface area (Å²) in [6, 6.07) is 9.82. The van der Waals surface area contributed by atoms with Crippen LogP contribution in [0.3, 0.4) is 0 Å². The van der Waals surface area contributed by atoms with Crippen LogP contribution in [0.1, 0.15) is 13.8 Å². The summed E-state index contributed by atoms with van der Waals surface area (Å²) >= 11 is 0. The van der Waals surface area contributed by atoms with E-state index in [0.29, 0.717) is 5.82 Å². The third-order valence-corrected chi connectivity index (χ3v) is 3.70. The summed E-state index contributed by atoms with van der Waals surface area (Å²) in [5.74, 6) is 1.62. The summed E-state index contributed by atoms with van der Waals surface area (Å²) < 4.78 is 0. The monoisotopic (exact) mass is 305 g/mol. The van der Waals surface area contributed by atoms with Gasteiger partial charge in [-0.1, -0.05) is 0 Å². The molecule has 0 spiro atoms. The molecule has 0 atom stereocenters. The molecular weight excluding hydrogens is 286 g/mol. The molecule has 3 heterocycles. The Balaban J connectivity index is 2.15. The van der Waals surface area contributed by atoms with Gasteiger partial charge in [-0.25, -0.2) is 9.97 Å². The van der Waals surface area contributed by atoms with Crippen molar-refractivity contribution < 1.29 is 0 Å². The lowest BCUT2D eigenvalue weighted by molar-refractivity contribution is 0.843. The maximum Gasteiger partial charge on any atom is 0.163 e. The van der Waals surface area contributed by atoms with Gasteiger partial charge in [0.1, 0.15) is 5.82 Å². The van der Waals surface area contributed by atoms with Crippen molar-refractivity contribution in [2.45, 2.75) is 13.8 Å². The fraction of sp³-hybridized carbons (Fsp3) is 0.222. The highest BCUT2D eigenvalue weighted by Crippen LogP contribution is 2.25. The third-order valence-electron chi connectivity index (χ3n) is 3.70. The molecule has 3 rings (SSSR count). The molecule has 116 valence electrons. The van der Waals surface area contributed by atoms with Crippen molar-refractivity contribution in [2.24, 2.45) is 0 Å². The van der Waals surface area contributed by atoms with Gasteiger partial charge in [-0.05, 0) is 38.1 Å². The molecule has 0 fully saturated rings. The topological polar surface area (TPSA) is 54.8 Å². The number of hydrogen-bond donors (Lipinski definition) is 0. The first-order valence-corrected chi connectivity index (χ1v) is 7.76. The zero-order chi connectivity index (χ0) is 16.1. The second-order valence-corrected chi connectivity index (χ2v) is 5.08. The molecule has 0 radical (unpaired) electrons. The van der Waals surface area contributed by atoms with Gasteiger partial charge in [-0.15, -0.1) is 0 Å². The first kappa shape index (κ1) is 15.1. The molecule has 0 saturated heterocycles. The van der Waals surface area contributed by atoms with Gasteiger partial charge in [0.2, 0.25) is 0 Å². The van der Waals surface area contributed by atoms with E-state index in [4.69, 9.17) is 9.97 Å². The Morgan fingerprint density at radius 1 is 0.870 bits per heavy atom. The molecule has 0 aliphatic carbocycles. The number of rotatable bonds is 5. The Kier molecular flexibility index (Phi) is 4.57. The highest BCUT2D eigenvalue weighted by molar-refractivity contribution is 5.67. The van der Waals surface area contributed by atoms with E-state index in [1.807, 2.05) is 30.3 Å². The van der Waals surface area contributed by atoms with Gasteiger partial charge in [-0.2, -0.15) is 0 Å². The number of pyridine rings is 2. The SMILES string of the molecule is CCN(CC)c1cc(-c2ccncc2)nc(-c2cccnc2)n1. The number of hydrogen-bond acceptors (Lipinski definition) is 5. The number of nitrogens with zero attached hydrogens (tertiary/aromatic N) is 5. The van der Waals surface area contributed by atoms with Gasteiger partial charge in [0, 0.05) is 55.1 Å². The van der Waals surface area contributed by atoms with Crippen molar-refractivity contribution in [3.63, 3.8) is 0 Å². The normalized spacial score (nSPS) is 10.5. The van der Waals surface area contributed by atoms with Gasteiger partial charge >= 0.3 is 0 Å². The summed E-state index contributed by atoms with van der Waals surface area (Å²) in [5, 5.41) is 0. The standard InChI is InChI=1S/C18H19N5/c1-3-23(4-2)17-12-16(14-7-10-19-11-8-14)21-18(22-17)15-6-5-9-20-13-15/h5-13H,3-4H2,1-2H3. The van der Waals surface area contributed by atoms with Gasteiger partial charge in [0.25, 0.3) is 0 Å². The minimum atomic E-state index is 0.689. The molecule has 0 N–H and O–H groups in total. The van der Waals surface area contributed by atoms with E-state index in [9.17, 15) is 0 Å². The van der Waals surface area contributed by atoms with Crippen LogP contribution in [-0.2, 0) is 0 Å². The molecule has 0 aromatic carbocycles. The lowest BCUT2D eigenvalue weighted by Crippen LogP contribution is -2.23. The zero-order valence-corrected chi connectivity index (χ0v) is 13.3. The van der Waals surface area contributed by atoms with Crippen LogP contribution in [0.15, 0.2) is 55.1 Å². The molecule has 0 amide bonds. The van der Waals surface area contributed by atoms with Crippen LogP contribution in [0.5, 0.6) is 0 Å². The molecule has 0 aliphatic heterocycles. The van der Waals surface area contributed by atoms with Crippen molar-refractivity contribution in [3.8, 4) is 22.6 Å². The number of aromatic nitrogens is 4. The maximum absolute atomic E-state index is 4.73. The van der Waals surface area contributed by atoms with Crippen molar-refractivity contribution >= 4 is 5.82 Å². The Hall–Kier alpha value is -2.82. The fourth-order valence-corrected chi connectivity index (χ4v) is 2.44. The van der Waals surface area contributed by atoms with E-state index < -0.39 is 0 Å². The second kappa shape index (κ2) is 6.96. The molecule has 5 nitrogen and oxygen atoms in total. The molecular formula is C18H19N5. The van der Waals surface area contributed by atoms with E-state index in [1.165, 1.54) is 0 Å². The lowest BCUT2D eigenvalue weighted by Gasteiger charge is -2.21. The van der Waals surface area contributed by atoms with E-state index in [1.54, 1.807) is 24.8 Å². The summed E-state index contributed by atoms with van der Waals surface area (Å²) in [7, 11) is 0. The molecule has 3 aromatic heterocycles. The van der Waals surface area contributed by atoms with Crippen molar-refractivity contribution in [3.05, 3.63) is 55.1 Å². The van der Waals surface area contributed by atoms with Crippen molar-refractivity contribution in [2.75, 3.05) is 18.0 Å². The Morgan fingerprint density at radius 2 is 1.65 bits per heavy atom. The first-order chi connectivity index (χ1) is 11.3. The summed E-state index contributed by atoms with van der Waals surface area (Å²) in [4.78, 5) is 19.9. The summed E-state index contributed by atoms with van der Waals surface area (Å²) in [6.45, 7) is 6.05. The third kappa shape index (κ3) is 3.34. The average molecular weight is 305 g/mol. The van der Waals surface area contributed by atoms with Crippen LogP contribution in [0.4, 0.5) is 5.82 Å². The molecule has 23 heavy (non-hydrogen) atoms. The molecule has 5 heteroatoms. The average Bonchev–Trinajstić information content (AvgIpc) is 2.64. The molecule has 0 aliphatic rings. The zero-order valence-electron chi connectivity index (χ0n) is 13.3. The Morgan fingerprint density at radius 3 is 2.30 bits per heavy atom. The Labute approximate surface area is 136 Å². The smallest absolute Gasteiger partial charge is 0.163 e. The first-order valence-electron chi connectivity index (χ1n) is 7.76. The van der Waals surface area contributed by atoms with Crippen LogP contribution in [0, 0.1) is 0 Å². The fourth-order valence-electron chi connectivity index (χ4n) is 2.44. The predicted octanol–water partition coefficient (Wildman–Crippen LogP) is 3.45. The van der Waals surface area contributed by atoms with Crippen LogP contribution < -0.4 is 4.90 Å². The van der Waals surface area contributed by atoms with Crippen molar-refractivity contribution in [1.29, 1.82) is 0 Å². The minimum Gasteiger partial charge on any atom is -0.357 e. The van der Waals surface area contributed by atoms with Crippen molar-refractivity contribution in [1.82, 2.24) is 19.9 Å². The Bertz CT molecular complexity index is 697. The molecule has 3 aromatic rings. The second-order valence-electron chi connectivity index (χ2n) is 5.08. The number of anilines is 1. The molecule has 0 bridgehead atoms. The van der Waals surface area contributed by atoms with Crippen LogP contribution in [0.2, 0.25) is 0 Å². The van der Waals surface area contributed by atoms with Crippen LogP contribution in [0.25, 0.3) is 22.6 Å². The predicted molar refractivity (Wildman–Crippen MR) is 92.1 cm³/mol. The molecule has 0 saturated carbocycles. The summed E-state index contributed by atoms with van der Waals surface area (Å²) in [6.07, 6.45) is 7.09. The van der Waals surface area contributed by atoms with Crippen LogP contribution >= 0.6 is 0 Å². The minimum absolute atomic E-state index is 0.689. The lowest BCUT2D eigenvalue weighted by atomic mass is 10.1. The van der Waals surface area contributed by atoms with Gasteiger partial charge in [0.15, 0.2) is 5.82 Å². The van der Waals surface area contributed by atoms with Gasteiger partial charge in [0.05, 0.1) is 5.69 Å². The largest absolute Gasteiger partial charge is 0.357 e. The quantitative estimate of drug-likeness (QED) is 0.722. The highest BCUT2D eigenvalue weighted by Gasteiger charge is 2.12. The molecule has 0 unspecified atom stereocenters. The van der Waals surface area contributed by atoms with E-state index in [2.05, 4.69) is 28.7 Å². The van der Waals surface area contributed by atoms with Gasteiger partial charge in [-0.3, -0.25) is 9.97 Å². The van der Waals surface area contributed by atoms with Gasteiger partial charge < -0.3 is 4.90 Å². The highest BCUT2D eigenvalue weighted by atomic mass is 15.2. The van der Waals surface area contributed by atoms with E-state index in [0.717, 1.165) is 35.7 Å². The van der Waals surface area contributed by atoms with E-state index >= 15 is 0 Å². The summed E-state index contributed by atoms with van der Waals surface area (Å²) in [5.41, 5.74) is 2.83.